The number of aliphatic hydroxyl groups is 2. The lowest BCUT2D eigenvalue weighted by atomic mass is 10.0. The van der Waals surface area contributed by atoms with E-state index < -0.39 is 41.0 Å². The molecule has 16 heavy (non-hydrogen) atoms. The van der Waals surface area contributed by atoms with Gasteiger partial charge in [-0.25, -0.2) is 17.6 Å². The summed E-state index contributed by atoms with van der Waals surface area (Å²) in [5.41, 5.74) is -1.22. The molecule has 2 N–H and O–H groups in total. The van der Waals surface area contributed by atoms with Crippen LogP contribution in [0.4, 0.5) is 17.6 Å². The van der Waals surface area contributed by atoms with Gasteiger partial charge in [-0.05, 0) is 0 Å². The molecule has 0 saturated carbocycles. The van der Waals surface area contributed by atoms with Crippen LogP contribution in [0.15, 0.2) is 6.07 Å². The standard InChI is InChI=1S/C9H7BrF4O2/c10-2-5(15)9(16)6-7(13)3(11)1-4(12)8(6)14/h1,5,9,15-16H,2H2. The van der Waals surface area contributed by atoms with Crippen LogP contribution in [0.3, 0.4) is 0 Å². The zero-order chi connectivity index (χ0) is 12.5. The molecule has 1 rings (SSSR count). The molecule has 0 bridgehead atoms. The summed E-state index contributed by atoms with van der Waals surface area (Å²) in [6, 6.07) is 0.0292. The molecule has 2 nitrogen and oxygen atoms in total. The lowest BCUT2D eigenvalue weighted by Gasteiger charge is -2.17. The monoisotopic (exact) mass is 302 g/mol. The van der Waals surface area contributed by atoms with Crippen molar-refractivity contribution >= 4 is 15.9 Å². The van der Waals surface area contributed by atoms with Gasteiger partial charge in [0.25, 0.3) is 0 Å². The number of halogens is 5. The molecule has 7 heteroatoms. The third-order valence-corrected chi connectivity index (χ3v) is 2.63. The Morgan fingerprint density at radius 1 is 1.06 bits per heavy atom. The molecule has 0 fully saturated rings. The summed E-state index contributed by atoms with van der Waals surface area (Å²) in [6.07, 6.45) is -3.63. The van der Waals surface area contributed by atoms with Crippen molar-refractivity contribution in [2.75, 3.05) is 5.33 Å². The zero-order valence-corrected chi connectivity index (χ0v) is 9.31. The van der Waals surface area contributed by atoms with E-state index in [2.05, 4.69) is 15.9 Å². The van der Waals surface area contributed by atoms with Crippen molar-refractivity contribution < 1.29 is 27.8 Å². The highest BCUT2D eigenvalue weighted by molar-refractivity contribution is 9.09. The average Bonchev–Trinajstić information content (AvgIpc) is 2.25. The smallest absolute Gasteiger partial charge is 0.167 e. The van der Waals surface area contributed by atoms with Crippen molar-refractivity contribution in [1.29, 1.82) is 0 Å². The van der Waals surface area contributed by atoms with Crippen LogP contribution in [0.2, 0.25) is 0 Å². The van der Waals surface area contributed by atoms with Gasteiger partial charge < -0.3 is 10.2 Å². The highest BCUT2D eigenvalue weighted by Crippen LogP contribution is 2.27. The molecule has 0 aliphatic heterocycles. The summed E-state index contributed by atoms with van der Waals surface area (Å²) in [5.74, 6) is -6.69. The van der Waals surface area contributed by atoms with E-state index in [9.17, 15) is 22.7 Å². The summed E-state index contributed by atoms with van der Waals surface area (Å²) < 4.78 is 51.8. The highest BCUT2D eigenvalue weighted by Gasteiger charge is 2.28. The van der Waals surface area contributed by atoms with Crippen LogP contribution in [-0.4, -0.2) is 21.6 Å². The number of aliphatic hydroxyl groups excluding tert-OH is 2. The summed E-state index contributed by atoms with van der Waals surface area (Å²) >= 11 is 2.76. The normalized spacial score (nSPS) is 14.9. The molecule has 0 aliphatic rings. The third-order valence-electron chi connectivity index (χ3n) is 1.96. The van der Waals surface area contributed by atoms with Crippen LogP contribution in [0, 0.1) is 23.3 Å². The van der Waals surface area contributed by atoms with Crippen molar-refractivity contribution in [3.63, 3.8) is 0 Å². The SMILES string of the molecule is OC(CBr)C(O)c1c(F)c(F)cc(F)c1F. The Morgan fingerprint density at radius 2 is 1.50 bits per heavy atom. The maximum atomic E-state index is 13.1. The van der Waals surface area contributed by atoms with Crippen LogP contribution in [0.5, 0.6) is 0 Å². The van der Waals surface area contributed by atoms with E-state index in [0.29, 0.717) is 0 Å². The minimum absolute atomic E-state index is 0.0292. The van der Waals surface area contributed by atoms with Gasteiger partial charge in [-0.2, -0.15) is 0 Å². The van der Waals surface area contributed by atoms with Crippen molar-refractivity contribution in [3.05, 3.63) is 34.9 Å². The van der Waals surface area contributed by atoms with Gasteiger partial charge in [-0.15, -0.1) is 0 Å². The predicted octanol–water partition coefficient (Wildman–Crippen LogP) is 2.03. The van der Waals surface area contributed by atoms with Crippen molar-refractivity contribution in [1.82, 2.24) is 0 Å². The fraction of sp³-hybridized carbons (Fsp3) is 0.333. The van der Waals surface area contributed by atoms with E-state index in [1.165, 1.54) is 0 Å². The molecule has 90 valence electrons. The summed E-state index contributed by atoms with van der Waals surface area (Å²) in [6.45, 7) is 0. The van der Waals surface area contributed by atoms with E-state index in [1.807, 2.05) is 0 Å². The maximum absolute atomic E-state index is 13.1. The number of benzene rings is 1. The van der Waals surface area contributed by atoms with Gasteiger partial charge in [0.1, 0.15) is 6.10 Å². The first-order valence-electron chi connectivity index (χ1n) is 4.15. The molecule has 0 saturated heterocycles. The van der Waals surface area contributed by atoms with Gasteiger partial charge >= 0.3 is 0 Å². The number of alkyl halides is 1. The molecule has 0 heterocycles. The summed E-state index contributed by atoms with van der Waals surface area (Å²) in [7, 11) is 0. The fourth-order valence-electron chi connectivity index (χ4n) is 1.13. The lowest BCUT2D eigenvalue weighted by Crippen LogP contribution is -2.22. The first-order chi connectivity index (χ1) is 7.40. The van der Waals surface area contributed by atoms with E-state index in [-0.39, 0.29) is 11.4 Å². The second kappa shape index (κ2) is 5.11. The van der Waals surface area contributed by atoms with E-state index in [0.717, 1.165) is 0 Å². The van der Waals surface area contributed by atoms with E-state index >= 15 is 0 Å². The molecule has 0 aliphatic carbocycles. The Bertz CT molecular complexity index is 373. The molecule has 0 amide bonds. The van der Waals surface area contributed by atoms with E-state index in [1.54, 1.807) is 0 Å². The van der Waals surface area contributed by atoms with Crippen LogP contribution < -0.4 is 0 Å². The first-order valence-corrected chi connectivity index (χ1v) is 5.27. The Hall–Kier alpha value is -0.660. The number of hydrogen-bond acceptors (Lipinski definition) is 2. The minimum Gasteiger partial charge on any atom is -0.389 e. The van der Waals surface area contributed by atoms with Crippen LogP contribution in [0.25, 0.3) is 0 Å². The molecule has 0 aromatic heterocycles. The zero-order valence-electron chi connectivity index (χ0n) is 7.72. The van der Waals surface area contributed by atoms with Gasteiger partial charge in [0.05, 0.1) is 11.7 Å². The molecule has 2 atom stereocenters. The van der Waals surface area contributed by atoms with Gasteiger partial charge in [0.15, 0.2) is 23.3 Å². The largest absolute Gasteiger partial charge is 0.389 e. The molecule has 0 spiro atoms. The second-order valence-electron chi connectivity index (χ2n) is 3.05. The second-order valence-corrected chi connectivity index (χ2v) is 3.70. The van der Waals surface area contributed by atoms with Gasteiger partial charge in [-0.1, -0.05) is 15.9 Å². The van der Waals surface area contributed by atoms with Crippen LogP contribution >= 0.6 is 15.9 Å². The molecule has 2 unspecified atom stereocenters. The molecule has 1 aromatic rings. The fourth-order valence-corrected chi connectivity index (χ4v) is 1.48. The Morgan fingerprint density at radius 3 is 1.88 bits per heavy atom. The highest BCUT2D eigenvalue weighted by atomic mass is 79.9. The van der Waals surface area contributed by atoms with Gasteiger partial charge in [0, 0.05) is 11.4 Å². The third kappa shape index (κ3) is 2.36. The number of rotatable bonds is 3. The number of hydrogen-bond donors (Lipinski definition) is 2. The van der Waals surface area contributed by atoms with Gasteiger partial charge in [0.2, 0.25) is 0 Å². The van der Waals surface area contributed by atoms with Crippen LogP contribution in [-0.2, 0) is 0 Å². The maximum Gasteiger partial charge on any atom is 0.167 e. The molecule has 1 aromatic carbocycles. The molecular formula is C9H7BrF4O2. The van der Waals surface area contributed by atoms with Crippen molar-refractivity contribution in [2.24, 2.45) is 0 Å². The summed E-state index contributed by atoms with van der Waals surface area (Å²) in [5, 5.41) is 18.2. The lowest BCUT2D eigenvalue weighted by molar-refractivity contribution is 0.0286. The summed E-state index contributed by atoms with van der Waals surface area (Å²) in [4.78, 5) is 0. The van der Waals surface area contributed by atoms with Crippen LogP contribution in [0.1, 0.15) is 11.7 Å². The minimum atomic E-state index is -2.05. The Kier molecular flexibility index (Phi) is 4.28. The van der Waals surface area contributed by atoms with Crippen molar-refractivity contribution in [3.8, 4) is 0 Å². The van der Waals surface area contributed by atoms with Gasteiger partial charge in [-0.3, -0.25) is 0 Å². The quantitative estimate of drug-likeness (QED) is 0.509. The molecule has 0 radical (unpaired) electrons. The molecular weight excluding hydrogens is 296 g/mol. The predicted molar refractivity (Wildman–Crippen MR) is 51.0 cm³/mol. The van der Waals surface area contributed by atoms with Crippen molar-refractivity contribution in [2.45, 2.75) is 12.2 Å². The topological polar surface area (TPSA) is 40.5 Å². The average molecular weight is 303 g/mol. The Labute approximate surface area is 96.6 Å². The first kappa shape index (κ1) is 13.4. The van der Waals surface area contributed by atoms with E-state index in [4.69, 9.17) is 5.11 Å². The Balaban J connectivity index is 3.31.